The number of pyridine rings is 1. The number of benzene rings is 2. The third-order valence-electron chi connectivity index (χ3n) is 12.0. The zero-order valence-corrected chi connectivity index (χ0v) is 34.2. The lowest BCUT2D eigenvalue weighted by molar-refractivity contribution is -0.149. The van der Waals surface area contributed by atoms with Crippen molar-refractivity contribution in [2.75, 3.05) is 26.7 Å². The summed E-state index contributed by atoms with van der Waals surface area (Å²) in [5.74, 6) is -2.36. The van der Waals surface area contributed by atoms with E-state index >= 15 is 0 Å². The third-order valence-corrected chi connectivity index (χ3v) is 12.7. The Balaban J connectivity index is 1.22. The van der Waals surface area contributed by atoms with Crippen LogP contribution in [-0.2, 0) is 30.4 Å². The van der Waals surface area contributed by atoms with Crippen molar-refractivity contribution in [3.05, 3.63) is 67.3 Å². The van der Waals surface area contributed by atoms with Gasteiger partial charge in [-0.25, -0.2) is 9.37 Å². The van der Waals surface area contributed by atoms with Gasteiger partial charge in [0, 0.05) is 61.0 Å². The van der Waals surface area contributed by atoms with Gasteiger partial charge in [0.1, 0.15) is 35.4 Å². The molecule has 4 aliphatic rings. The molecular weight excluding hydrogens is 766 g/mol. The molecule has 0 bridgehead atoms. The number of carbonyl (C=O) groups excluding carboxylic acids is 4. The van der Waals surface area contributed by atoms with Crippen LogP contribution in [0.5, 0.6) is 11.5 Å². The molecule has 2 aromatic carbocycles. The molecule has 4 amide bonds. The first kappa shape index (κ1) is 41.3. The van der Waals surface area contributed by atoms with E-state index < -0.39 is 76.1 Å². The van der Waals surface area contributed by atoms with Crippen LogP contribution in [0.2, 0.25) is 0 Å². The largest absolute Gasteiger partial charge is 0.755 e. The summed E-state index contributed by atoms with van der Waals surface area (Å²) in [6.45, 7) is 9.92. The van der Waals surface area contributed by atoms with Crippen molar-refractivity contribution in [3.63, 3.8) is 0 Å². The van der Waals surface area contributed by atoms with Crippen LogP contribution in [0.25, 0.3) is 22.2 Å². The van der Waals surface area contributed by atoms with Gasteiger partial charge >= 0.3 is 0 Å². The second kappa shape index (κ2) is 16.4. The molecule has 6 atom stereocenters. The monoisotopic (exact) mass is 816 g/mol. The molecule has 3 heterocycles. The van der Waals surface area contributed by atoms with E-state index in [2.05, 4.69) is 11.9 Å². The first-order chi connectivity index (χ1) is 27.6. The van der Waals surface area contributed by atoms with Crippen molar-refractivity contribution < 1.29 is 41.8 Å². The molecule has 0 spiro atoms. The Hall–Kier alpha value is -4.89. The fraction of sp³-hybridized carbons (Fsp3) is 0.512. The average Bonchev–Trinajstić information content (AvgIpc) is 4.12. The van der Waals surface area contributed by atoms with Crippen LogP contribution in [0.1, 0.15) is 65.7 Å². The summed E-state index contributed by atoms with van der Waals surface area (Å²) in [7, 11) is 1.57. The third kappa shape index (κ3) is 8.47. The first-order valence-electron chi connectivity index (χ1n) is 19.9. The Labute approximate surface area is 340 Å². The summed E-state index contributed by atoms with van der Waals surface area (Å²) in [6, 6.07) is 15.2. The number of carbonyl (C=O) groups is 4. The predicted octanol–water partition coefficient (Wildman–Crippen LogP) is 5.12. The predicted molar refractivity (Wildman–Crippen MR) is 215 cm³/mol. The lowest BCUT2D eigenvalue weighted by atomic mass is 9.77. The van der Waals surface area contributed by atoms with Gasteiger partial charge in [0.15, 0.2) is 0 Å². The topological polar surface area (TPSA) is 162 Å². The van der Waals surface area contributed by atoms with Gasteiger partial charge in [0.05, 0.1) is 42.0 Å². The Kier molecular flexibility index (Phi) is 11.7. The standard InChI is InChI=1S/C43H52FN5O8S/c1-6-27-24-43(27,41(53)49(58(54)55)29-12-13-29)46-39(51)36-21-31(25-48(36)40(52)33(42(2,3)4)22-38(50)47-18-16-28(44)17-19-47)57-37-23-34(26-10-8-7-9-11-26)45-35-20-30(56-5)14-15-32(35)37/h6-11,14-15,20,23,27-29,31,33,36H,1,12-13,16-19,21-22,24-25H2,2-5H3,(H,46,51)(H,54,55)/p-1/t27-,31-,33-,36+,43-/m1/s1. The average molecular weight is 817 g/mol. The summed E-state index contributed by atoms with van der Waals surface area (Å²) in [6.07, 6.45) is 1.44. The number of hydrogen-bond donors (Lipinski definition) is 1. The van der Waals surface area contributed by atoms with Gasteiger partial charge in [-0.3, -0.25) is 27.7 Å². The number of fused-ring (bicyclic) bond motifs is 1. The van der Waals surface area contributed by atoms with Crippen LogP contribution in [0.4, 0.5) is 4.39 Å². The molecule has 1 N–H and O–H groups in total. The maximum absolute atomic E-state index is 14.9. The Morgan fingerprint density at radius 1 is 1.10 bits per heavy atom. The van der Waals surface area contributed by atoms with E-state index in [1.165, 1.54) is 11.0 Å². The molecule has 13 nitrogen and oxygen atoms in total. The van der Waals surface area contributed by atoms with Gasteiger partial charge < -0.3 is 29.1 Å². The van der Waals surface area contributed by atoms with E-state index in [1.807, 2.05) is 63.2 Å². The minimum absolute atomic E-state index is 0.0177. The fourth-order valence-electron chi connectivity index (χ4n) is 8.26. The number of aromatic nitrogens is 1. The lowest BCUT2D eigenvalue weighted by Gasteiger charge is -2.37. The maximum Gasteiger partial charge on any atom is 0.260 e. The molecule has 4 fully saturated rings. The molecule has 0 radical (unpaired) electrons. The van der Waals surface area contributed by atoms with Gasteiger partial charge in [-0.05, 0) is 49.7 Å². The van der Waals surface area contributed by atoms with Gasteiger partial charge in [-0.2, -0.15) is 0 Å². The SMILES string of the molecule is C=C[C@@H]1C[C@]1(NC(=O)[C@@H]1C[C@@H](Oc2cc(-c3ccccc3)nc3cc(OC)ccc23)CN1C(=O)[C@@H](CC(=O)N1CCC(F)CC1)C(C)(C)C)C(=O)N(C1CC1)S(=O)[O-]. The van der Waals surface area contributed by atoms with Crippen LogP contribution >= 0.6 is 0 Å². The Morgan fingerprint density at radius 2 is 1.81 bits per heavy atom. The molecule has 3 aromatic rings. The van der Waals surface area contributed by atoms with E-state index in [9.17, 15) is 32.3 Å². The number of ether oxygens (including phenoxy) is 2. The molecule has 7 rings (SSSR count). The molecule has 1 aromatic heterocycles. The van der Waals surface area contributed by atoms with Gasteiger partial charge in [-0.1, -0.05) is 57.2 Å². The number of rotatable bonds is 13. The van der Waals surface area contributed by atoms with Crippen LogP contribution in [0, 0.1) is 17.3 Å². The Morgan fingerprint density at radius 3 is 2.41 bits per heavy atom. The van der Waals surface area contributed by atoms with Crippen molar-refractivity contribution in [1.29, 1.82) is 0 Å². The van der Waals surface area contributed by atoms with Crippen molar-refractivity contribution in [1.82, 2.24) is 24.4 Å². The molecule has 2 saturated carbocycles. The quantitative estimate of drug-likeness (QED) is 0.183. The molecular formula is C43H51FN5O8S-. The second-order valence-electron chi connectivity index (χ2n) is 17.0. The normalized spacial score (nSPS) is 24.5. The highest BCUT2D eigenvalue weighted by Crippen LogP contribution is 2.48. The summed E-state index contributed by atoms with van der Waals surface area (Å²) >= 11 is -2.85. The van der Waals surface area contributed by atoms with E-state index in [-0.39, 0.29) is 57.6 Å². The van der Waals surface area contributed by atoms with Crippen molar-refractivity contribution in [3.8, 4) is 22.8 Å². The number of nitrogens with one attached hydrogen (secondary N) is 1. The highest BCUT2D eigenvalue weighted by molar-refractivity contribution is 7.77. The molecule has 2 aliphatic carbocycles. The lowest BCUT2D eigenvalue weighted by Crippen LogP contribution is -2.57. The number of amides is 4. The van der Waals surface area contributed by atoms with E-state index in [4.69, 9.17) is 14.5 Å². The van der Waals surface area contributed by atoms with E-state index in [0.717, 1.165) is 9.87 Å². The highest BCUT2D eigenvalue weighted by atomic mass is 32.2. The van der Waals surface area contributed by atoms with Crippen molar-refractivity contribution in [2.24, 2.45) is 17.3 Å². The fourth-order valence-corrected chi connectivity index (χ4v) is 9.01. The van der Waals surface area contributed by atoms with Gasteiger partial charge in [0.2, 0.25) is 17.7 Å². The van der Waals surface area contributed by atoms with E-state index in [0.29, 0.717) is 40.9 Å². The van der Waals surface area contributed by atoms with Gasteiger partial charge in [0.25, 0.3) is 5.91 Å². The maximum atomic E-state index is 14.9. The van der Waals surface area contributed by atoms with E-state index in [1.54, 1.807) is 24.1 Å². The number of hydrogen-bond acceptors (Lipinski definition) is 9. The minimum Gasteiger partial charge on any atom is -0.755 e. The molecule has 15 heteroatoms. The number of methoxy groups -OCH3 is 1. The molecule has 58 heavy (non-hydrogen) atoms. The van der Waals surface area contributed by atoms with Crippen molar-refractivity contribution >= 4 is 45.8 Å². The number of halogens is 1. The molecule has 310 valence electrons. The first-order valence-corrected chi connectivity index (χ1v) is 21.0. The van der Waals surface area contributed by atoms with Crippen molar-refractivity contribution in [2.45, 2.75) is 95.6 Å². The molecule has 2 aliphatic heterocycles. The van der Waals surface area contributed by atoms with Crippen LogP contribution < -0.4 is 14.8 Å². The Bertz CT molecular complexity index is 2100. The number of piperidine rings is 1. The zero-order valence-electron chi connectivity index (χ0n) is 33.4. The van der Waals surface area contributed by atoms with Gasteiger partial charge in [-0.15, -0.1) is 6.58 Å². The molecule has 1 unspecified atom stereocenters. The highest BCUT2D eigenvalue weighted by Gasteiger charge is 2.63. The minimum atomic E-state index is -2.85. The number of alkyl halides is 1. The summed E-state index contributed by atoms with van der Waals surface area (Å²) in [5.41, 5.74) is -0.163. The number of likely N-dealkylation sites (tertiary alicyclic amines) is 2. The second-order valence-corrected chi connectivity index (χ2v) is 17.8. The summed E-state index contributed by atoms with van der Waals surface area (Å²) in [4.78, 5) is 65.0. The van der Waals surface area contributed by atoms with Crippen LogP contribution in [0.15, 0.2) is 67.3 Å². The smallest absolute Gasteiger partial charge is 0.260 e. The zero-order chi connectivity index (χ0) is 41.5. The van der Waals surface area contributed by atoms with Crippen LogP contribution in [0.3, 0.4) is 0 Å². The number of nitrogens with zero attached hydrogens (tertiary/aromatic N) is 4. The molecule has 2 saturated heterocycles. The summed E-state index contributed by atoms with van der Waals surface area (Å²) in [5, 5.41) is 3.57. The van der Waals surface area contributed by atoms with Crippen LogP contribution in [-0.4, -0.2) is 108 Å². The summed E-state index contributed by atoms with van der Waals surface area (Å²) < 4.78 is 51.5.